The molecular formula is C14H10F3NO. The van der Waals surface area contributed by atoms with E-state index < -0.39 is 11.7 Å². The summed E-state index contributed by atoms with van der Waals surface area (Å²) in [4.78, 5) is 4.10. The van der Waals surface area contributed by atoms with Gasteiger partial charge in [0.25, 0.3) is 0 Å². The summed E-state index contributed by atoms with van der Waals surface area (Å²) in [6.07, 6.45) is -0.912. The van der Waals surface area contributed by atoms with Crippen LogP contribution in [0.1, 0.15) is 16.7 Å². The highest BCUT2D eigenvalue weighted by molar-refractivity contribution is 5.68. The van der Waals surface area contributed by atoms with Crippen LogP contribution in [0.2, 0.25) is 0 Å². The molecule has 0 atom stereocenters. The number of rotatable bonds is 1. The summed E-state index contributed by atoms with van der Waals surface area (Å²) < 4.78 is 42.9. The van der Waals surface area contributed by atoms with Gasteiger partial charge in [-0.25, -0.2) is 0 Å². The highest BCUT2D eigenvalue weighted by atomic mass is 19.4. The van der Waals surface area contributed by atoms with E-state index in [-0.39, 0.29) is 0 Å². The normalized spacial score (nSPS) is 14.5. The Balaban J connectivity index is 2.02. The highest BCUT2D eigenvalue weighted by Gasteiger charge is 2.30. The Morgan fingerprint density at radius 3 is 2.42 bits per heavy atom. The maximum atomic E-state index is 12.5. The van der Waals surface area contributed by atoms with Crippen LogP contribution < -0.4 is 0 Å². The Kier molecular flexibility index (Phi) is 2.78. The molecule has 0 radical (unpaired) electrons. The Labute approximate surface area is 107 Å². The van der Waals surface area contributed by atoms with E-state index in [4.69, 9.17) is 4.74 Å². The van der Waals surface area contributed by atoms with Gasteiger partial charge in [-0.05, 0) is 23.3 Å². The molecule has 0 spiro atoms. The van der Waals surface area contributed by atoms with Gasteiger partial charge in [0, 0.05) is 23.5 Å². The molecule has 19 heavy (non-hydrogen) atoms. The van der Waals surface area contributed by atoms with Crippen molar-refractivity contribution in [3.05, 3.63) is 53.3 Å². The van der Waals surface area contributed by atoms with Crippen molar-refractivity contribution in [1.29, 1.82) is 0 Å². The molecule has 1 aromatic heterocycles. The van der Waals surface area contributed by atoms with Gasteiger partial charge in [-0.3, -0.25) is 4.98 Å². The maximum absolute atomic E-state index is 12.5. The van der Waals surface area contributed by atoms with Crippen LogP contribution in [0, 0.1) is 0 Å². The number of aromatic nitrogens is 1. The Hall–Kier alpha value is -1.88. The smallest absolute Gasteiger partial charge is 0.372 e. The molecular weight excluding hydrogens is 255 g/mol. The molecule has 0 saturated heterocycles. The van der Waals surface area contributed by atoms with Crippen molar-refractivity contribution in [2.24, 2.45) is 0 Å². The number of fused-ring (bicyclic) bond motifs is 1. The van der Waals surface area contributed by atoms with E-state index in [9.17, 15) is 13.2 Å². The fraction of sp³-hybridized carbons (Fsp3) is 0.214. The SMILES string of the molecule is FC(F)(F)c1ccc(-c2cncc3c2COC3)cc1. The summed E-state index contributed by atoms with van der Waals surface area (Å²) in [5.74, 6) is 0. The first kappa shape index (κ1) is 12.2. The van der Waals surface area contributed by atoms with Crippen LogP contribution in [-0.4, -0.2) is 4.98 Å². The zero-order chi connectivity index (χ0) is 13.5. The van der Waals surface area contributed by atoms with Crippen molar-refractivity contribution in [2.75, 3.05) is 0 Å². The van der Waals surface area contributed by atoms with Crippen molar-refractivity contribution < 1.29 is 17.9 Å². The molecule has 0 fully saturated rings. The van der Waals surface area contributed by atoms with Gasteiger partial charge in [-0.2, -0.15) is 13.2 Å². The van der Waals surface area contributed by atoms with E-state index in [1.807, 2.05) is 0 Å². The van der Waals surface area contributed by atoms with E-state index >= 15 is 0 Å². The molecule has 5 heteroatoms. The quantitative estimate of drug-likeness (QED) is 0.782. The van der Waals surface area contributed by atoms with Crippen molar-refractivity contribution in [1.82, 2.24) is 4.98 Å². The first-order valence-electron chi connectivity index (χ1n) is 5.77. The van der Waals surface area contributed by atoms with Crippen LogP contribution in [-0.2, 0) is 24.1 Å². The fourth-order valence-corrected chi connectivity index (χ4v) is 2.18. The molecule has 98 valence electrons. The number of pyridine rings is 1. The van der Waals surface area contributed by atoms with Gasteiger partial charge >= 0.3 is 6.18 Å². The molecule has 1 aliphatic heterocycles. The summed E-state index contributed by atoms with van der Waals surface area (Å²) in [6, 6.07) is 5.12. The molecule has 2 aromatic rings. The van der Waals surface area contributed by atoms with Gasteiger partial charge in [0.05, 0.1) is 18.8 Å². The topological polar surface area (TPSA) is 22.1 Å². The van der Waals surface area contributed by atoms with Gasteiger partial charge in [0.2, 0.25) is 0 Å². The summed E-state index contributed by atoms with van der Waals surface area (Å²) >= 11 is 0. The molecule has 0 N–H and O–H groups in total. The van der Waals surface area contributed by atoms with Crippen molar-refractivity contribution in [2.45, 2.75) is 19.4 Å². The average Bonchev–Trinajstić information content (AvgIpc) is 2.86. The number of hydrogen-bond acceptors (Lipinski definition) is 2. The first-order valence-corrected chi connectivity index (χ1v) is 5.77. The Bertz CT molecular complexity index is 605. The van der Waals surface area contributed by atoms with Gasteiger partial charge in [-0.1, -0.05) is 12.1 Å². The van der Waals surface area contributed by atoms with Crippen LogP contribution in [0.4, 0.5) is 13.2 Å². The second-order valence-corrected chi connectivity index (χ2v) is 4.39. The van der Waals surface area contributed by atoms with Crippen LogP contribution in [0.5, 0.6) is 0 Å². The molecule has 0 saturated carbocycles. The van der Waals surface area contributed by atoms with Gasteiger partial charge in [0.1, 0.15) is 0 Å². The van der Waals surface area contributed by atoms with Gasteiger partial charge in [-0.15, -0.1) is 0 Å². The lowest BCUT2D eigenvalue weighted by Crippen LogP contribution is -2.04. The third-order valence-electron chi connectivity index (χ3n) is 3.17. The first-order chi connectivity index (χ1) is 9.05. The third-order valence-corrected chi connectivity index (χ3v) is 3.17. The molecule has 1 aliphatic rings. The lowest BCUT2D eigenvalue weighted by molar-refractivity contribution is -0.137. The molecule has 1 aromatic carbocycles. The number of ether oxygens (including phenoxy) is 1. The lowest BCUT2D eigenvalue weighted by atomic mass is 9.99. The van der Waals surface area contributed by atoms with Crippen molar-refractivity contribution >= 4 is 0 Å². The minimum Gasteiger partial charge on any atom is -0.372 e. The van der Waals surface area contributed by atoms with Crippen molar-refractivity contribution in [3.8, 4) is 11.1 Å². The fourth-order valence-electron chi connectivity index (χ4n) is 2.18. The summed E-state index contributed by atoms with van der Waals surface area (Å²) in [5, 5.41) is 0. The highest BCUT2D eigenvalue weighted by Crippen LogP contribution is 2.33. The maximum Gasteiger partial charge on any atom is 0.416 e. The van der Waals surface area contributed by atoms with E-state index in [2.05, 4.69) is 4.98 Å². The molecule has 3 rings (SSSR count). The summed E-state index contributed by atoms with van der Waals surface area (Å²) in [6.45, 7) is 0.991. The number of benzene rings is 1. The second-order valence-electron chi connectivity index (χ2n) is 4.39. The molecule has 2 nitrogen and oxygen atoms in total. The summed E-state index contributed by atoms with van der Waals surface area (Å²) in [7, 11) is 0. The molecule has 2 heterocycles. The number of hydrogen-bond donors (Lipinski definition) is 0. The molecule has 0 amide bonds. The van der Waals surface area contributed by atoms with E-state index in [0.717, 1.165) is 34.4 Å². The average molecular weight is 265 g/mol. The largest absolute Gasteiger partial charge is 0.416 e. The van der Waals surface area contributed by atoms with Crippen molar-refractivity contribution in [3.63, 3.8) is 0 Å². The van der Waals surface area contributed by atoms with Gasteiger partial charge in [0.15, 0.2) is 0 Å². The second kappa shape index (κ2) is 4.35. The third kappa shape index (κ3) is 2.21. The van der Waals surface area contributed by atoms with E-state index in [0.29, 0.717) is 13.2 Å². The lowest BCUT2D eigenvalue weighted by Gasteiger charge is -2.09. The number of nitrogens with zero attached hydrogens (tertiary/aromatic N) is 1. The summed E-state index contributed by atoms with van der Waals surface area (Å²) in [5.41, 5.74) is 2.92. The predicted molar refractivity (Wildman–Crippen MR) is 63.2 cm³/mol. The van der Waals surface area contributed by atoms with E-state index in [1.54, 1.807) is 12.4 Å². The number of alkyl halides is 3. The zero-order valence-electron chi connectivity index (χ0n) is 9.87. The minimum atomic E-state index is -4.31. The predicted octanol–water partition coefficient (Wildman–Crippen LogP) is 3.80. The monoisotopic (exact) mass is 265 g/mol. The Morgan fingerprint density at radius 1 is 1.00 bits per heavy atom. The number of halogens is 3. The van der Waals surface area contributed by atoms with Crippen LogP contribution in [0.25, 0.3) is 11.1 Å². The zero-order valence-corrected chi connectivity index (χ0v) is 9.87. The minimum absolute atomic E-state index is 0.480. The van der Waals surface area contributed by atoms with Crippen LogP contribution in [0.3, 0.4) is 0 Å². The standard InChI is InChI=1S/C14H10F3NO/c15-14(16,17)11-3-1-9(2-4-11)12-6-18-5-10-7-19-8-13(10)12/h1-6H,7-8H2. The Morgan fingerprint density at radius 2 is 1.74 bits per heavy atom. The molecule has 0 aliphatic carbocycles. The van der Waals surface area contributed by atoms with Gasteiger partial charge < -0.3 is 4.74 Å². The van der Waals surface area contributed by atoms with Crippen LogP contribution in [0.15, 0.2) is 36.7 Å². The van der Waals surface area contributed by atoms with Crippen LogP contribution >= 0.6 is 0 Å². The molecule has 0 unspecified atom stereocenters. The van der Waals surface area contributed by atoms with E-state index in [1.165, 1.54) is 12.1 Å². The molecule has 0 bridgehead atoms.